The fraction of sp³-hybridized carbons (Fsp3) is 0.333. The van der Waals surface area contributed by atoms with E-state index in [9.17, 15) is 4.57 Å². The lowest BCUT2D eigenvalue weighted by atomic mass is 10.3. The average Bonchev–Trinajstić information content (AvgIpc) is 2.28. The molecule has 0 saturated heterocycles. The summed E-state index contributed by atoms with van der Waals surface area (Å²) >= 11 is 0. The first kappa shape index (κ1) is 12.8. The van der Waals surface area contributed by atoms with Crippen molar-refractivity contribution in [2.24, 2.45) is 0 Å². The molecule has 0 aromatic heterocycles. The quantitative estimate of drug-likeness (QED) is 0.801. The Morgan fingerprint density at radius 2 is 1.75 bits per heavy atom. The van der Waals surface area contributed by atoms with Gasteiger partial charge in [-0.15, -0.1) is 0 Å². The molecule has 0 radical (unpaired) electrons. The largest absolute Gasteiger partial charge is 0.527 e. The van der Waals surface area contributed by atoms with Crippen LogP contribution in [0.4, 0.5) is 0 Å². The summed E-state index contributed by atoms with van der Waals surface area (Å²) < 4.78 is 30.2. The lowest BCUT2D eigenvalue weighted by Gasteiger charge is -2.12. The summed E-state index contributed by atoms with van der Waals surface area (Å²) in [5.74, 6) is 1.06. The van der Waals surface area contributed by atoms with E-state index in [-0.39, 0.29) is 5.75 Å². The second-order valence-corrected chi connectivity index (χ2v) is 4.24. The minimum absolute atomic E-state index is 0.158. The average molecular weight is 248 g/mol. The van der Waals surface area contributed by atoms with Gasteiger partial charge in [0.2, 0.25) is 0 Å². The SMILES string of the molecule is COc1ccc(OP(=O)(O)OC)cc1OC. The van der Waals surface area contributed by atoms with Gasteiger partial charge < -0.3 is 14.0 Å². The van der Waals surface area contributed by atoms with E-state index in [4.69, 9.17) is 18.9 Å². The van der Waals surface area contributed by atoms with Crippen molar-refractivity contribution in [2.75, 3.05) is 21.3 Å². The van der Waals surface area contributed by atoms with Crippen molar-refractivity contribution in [2.45, 2.75) is 0 Å². The van der Waals surface area contributed by atoms with E-state index in [0.29, 0.717) is 11.5 Å². The highest BCUT2D eigenvalue weighted by Gasteiger charge is 2.21. The highest BCUT2D eigenvalue weighted by atomic mass is 31.2. The Morgan fingerprint density at radius 3 is 2.25 bits per heavy atom. The number of methoxy groups -OCH3 is 2. The zero-order valence-electron chi connectivity index (χ0n) is 9.17. The third-order valence-corrected chi connectivity index (χ3v) is 2.71. The number of hydrogen-bond acceptors (Lipinski definition) is 5. The van der Waals surface area contributed by atoms with Gasteiger partial charge in [-0.25, -0.2) is 4.57 Å². The first-order valence-electron chi connectivity index (χ1n) is 4.32. The van der Waals surface area contributed by atoms with Crippen LogP contribution < -0.4 is 14.0 Å². The van der Waals surface area contributed by atoms with Gasteiger partial charge in [-0.05, 0) is 12.1 Å². The van der Waals surface area contributed by atoms with Crippen molar-refractivity contribution >= 4 is 7.82 Å². The first-order valence-corrected chi connectivity index (χ1v) is 5.82. The number of phosphoric ester groups is 1. The Labute approximate surface area is 93.3 Å². The zero-order valence-corrected chi connectivity index (χ0v) is 10.1. The monoisotopic (exact) mass is 248 g/mol. The number of benzene rings is 1. The van der Waals surface area contributed by atoms with Crippen LogP contribution in [-0.2, 0) is 9.09 Å². The maximum Gasteiger partial charge on any atom is 0.527 e. The van der Waals surface area contributed by atoms with Gasteiger partial charge in [0.1, 0.15) is 5.75 Å². The van der Waals surface area contributed by atoms with E-state index in [0.717, 1.165) is 7.11 Å². The summed E-state index contributed by atoms with van der Waals surface area (Å²) in [6.45, 7) is 0. The van der Waals surface area contributed by atoms with E-state index >= 15 is 0 Å². The van der Waals surface area contributed by atoms with Gasteiger partial charge in [0, 0.05) is 13.2 Å². The van der Waals surface area contributed by atoms with E-state index < -0.39 is 7.82 Å². The minimum Gasteiger partial charge on any atom is -0.493 e. The predicted octanol–water partition coefficient (Wildman–Crippen LogP) is 1.83. The van der Waals surface area contributed by atoms with Gasteiger partial charge in [-0.1, -0.05) is 0 Å². The molecule has 0 bridgehead atoms. The molecular formula is C9H13O6P. The Hall–Kier alpha value is -1.23. The first-order chi connectivity index (χ1) is 7.52. The maximum atomic E-state index is 11.1. The molecule has 0 aliphatic heterocycles. The highest BCUT2D eigenvalue weighted by Crippen LogP contribution is 2.44. The van der Waals surface area contributed by atoms with Crippen LogP contribution in [0.2, 0.25) is 0 Å². The smallest absolute Gasteiger partial charge is 0.493 e. The third kappa shape index (κ3) is 3.13. The normalized spacial score (nSPS) is 14.0. The molecule has 90 valence electrons. The Kier molecular flexibility index (Phi) is 4.18. The molecule has 0 spiro atoms. The molecular weight excluding hydrogens is 235 g/mol. The Morgan fingerprint density at radius 1 is 1.12 bits per heavy atom. The van der Waals surface area contributed by atoms with Crippen molar-refractivity contribution < 1.29 is 28.0 Å². The zero-order chi connectivity index (χ0) is 12.2. The summed E-state index contributed by atoms with van der Waals surface area (Å²) in [6.07, 6.45) is 0. The molecule has 16 heavy (non-hydrogen) atoms. The van der Waals surface area contributed by atoms with Crippen LogP contribution in [0.25, 0.3) is 0 Å². The molecule has 0 aliphatic carbocycles. The van der Waals surface area contributed by atoms with Crippen LogP contribution in [0, 0.1) is 0 Å². The summed E-state index contributed by atoms with van der Waals surface area (Å²) in [5, 5.41) is 0. The second-order valence-electron chi connectivity index (χ2n) is 2.76. The summed E-state index contributed by atoms with van der Waals surface area (Å²) in [6, 6.07) is 4.47. The van der Waals surface area contributed by atoms with Gasteiger partial charge >= 0.3 is 7.82 Å². The molecule has 1 N–H and O–H groups in total. The summed E-state index contributed by atoms with van der Waals surface area (Å²) in [7, 11) is -0.0153. The number of rotatable bonds is 5. The fourth-order valence-corrected chi connectivity index (χ4v) is 1.50. The molecule has 6 nitrogen and oxygen atoms in total. The van der Waals surface area contributed by atoms with Gasteiger partial charge in [0.05, 0.1) is 14.2 Å². The van der Waals surface area contributed by atoms with Crippen LogP contribution in [-0.4, -0.2) is 26.2 Å². The van der Waals surface area contributed by atoms with Gasteiger partial charge in [-0.3, -0.25) is 9.42 Å². The predicted molar refractivity (Wildman–Crippen MR) is 57.0 cm³/mol. The summed E-state index contributed by atoms with van der Waals surface area (Å²) in [5.41, 5.74) is 0. The molecule has 7 heteroatoms. The Balaban J connectivity index is 2.95. The number of phosphoric acid groups is 1. The van der Waals surface area contributed by atoms with Crippen LogP contribution in [0.1, 0.15) is 0 Å². The van der Waals surface area contributed by atoms with Crippen molar-refractivity contribution in [3.63, 3.8) is 0 Å². The van der Waals surface area contributed by atoms with Crippen molar-refractivity contribution in [1.82, 2.24) is 0 Å². The number of hydrogen-bond donors (Lipinski definition) is 1. The molecule has 0 heterocycles. The van der Waals surface area contributed by atoms with Gasteiger partial charge in [0.15, 0.2) is 11.5 Å². The van der Waals surface area contributed by atoms with Crippen LogP contribution in [0.15, 0.2) is 18.2 Å². The van der Waals surface area contributed by atoms with Crippen LogP contribution in [0.3, 0.4) is 0 Å². The van der Waals surface area contributed by atoms with Crippen LogP contribution in [0.5, 0.6) is 17.2 Å². The molecule has 1 unspecified atom stereocenters. The van der Waals surface area contributed by atoms with E-state index in [1.165, 1.54) is 26.4 Å². The molecule has 0 saturated carbocycles. The maximum absolute atomic E-state index is 11.1. The molecule has 1 rings (SSSR count). The van der Waals surface area contributed by atoms with Gasteiger partial charge in [-0.2, -0.15) is 0 Å². The number of ether oxygens (including phenoxy) is 2. The molecule has 0 fully saturated rings. The molecule has 1 aromatic carbocycles. The Bertz CT molecular complexity index is 405. The van der Waals surface area contributed by atoms with Gasteiger partial charge in [0.25, 0.3) is 0 Å². The minimum atomic E-state index is -4.05. The van der Waals surface area contributed by atoms with Crippen molar-refractivity contribution in [3.05, 3.63) is 18.2 Å². The lowest BCUT2D eigenvalue weighted by Crippen LogP contribution is -1.95. The van der Waals surface area contributed by atoms with E-state index in [2.05, 4.69) is 4.52 Å². The molecule has 0 aliphatic rings. The fourth-order valence-electron chi connectivity index (χ4n) is 1.04. The molecule has 1 aromatic rings. The highest BCUT2D eigenvalue weighted by molar-refractivity contribution is 7.47. The molecule has 1 atom stereocenters. The van der Waals surface area contributed by atoms with E-state index in [1.807, 2.05) is 0 Å². The summed E-state index contributed by atoms with van der Waals surface area (Å²) in [4.78, 5) is 9.11. The topological polar surface area (TPSA) is 74.2 Å². The van der Waals surface area contributed by atoms with Crippen LogP contribution >= 0.6 is 7.82 Å². The van der Waals surface area contributed by atoms with Crippen molar-refractivity contribution in [3.8, 4) is 17.2 Å². The van der Waals surface area contributed by atoms with E-state index in [1.54, 1.807) is 6.07 Å². The molecule has 0 amide bonds. The standard InChI is InChI=1S/C9H13O6P/c1-12-8-5-4-7(6-9(8)13-2)15-16(10,11)14-3/h4-6H,1-3H3,(H,10,11). The third-order valence-electron chi connectivity index (χ3n) is 1.81. The van der Waals surface area contributed by atoms with Crippen molar-refractivity contribution in [1.29, 1.82) is 0 Å². The second kappa shape index (κ2) is 5.21. The lowest BCUT2D eigenvalue weighted by molar-refractivity contribution is 0.242.